The van der Waals surface area contributed by atoms with Crippen molar-refractivity contribution in [2.45, 2.75) is 65.0 Å². The third kappa shape index (κ3) is 3.04. The fourth-order valence-corrected chi connectivity index (χ4v) is 4.37. The summed E-state index contributed by atoms with van der Waals surface area (Å²) in [4.78, 5) is 14.8. The van der Waals surface area contributed by atoms with Gasteiger partial charge in [-0.2, -0.15) is 5.10 Å². The van der Waals surface area contributed by atoms with Gasteiger partial charge in [0.05, 0.1) is 0 Å². The molecular formula is C19H28N6O. The molecular weight excluding hydrogens is 328 g/mol. The first-order valence-corrected chi connectivity index (χ1v) is 9.77. The smallest absolute Gasteiger partial charge is 0.223 e. The van der Waals surface area contributed by atoms with Gasteiger partial charge in [-0.1, -0.05) is 12.8 Å². The molecule has 0 unspecified atom stereocenters. The molecule has 2 aromatic heterocycles. The van der Waals surface area contributed by atoms with Crippen LogP contribution < -0.4 is 0 Å². The van der Waals surface area contributed by atoms with Crippen LogP contribution in [0.2, 0.25) is 0 Å². The van der Waals surface area contributed by atoms with E-state index in [1.165, 1.54) is 31.4 Å². The quantitative estimate of drug-likeness (QED) is 0.845. The standard InChI is InChI=1S/C19H28N6O/c1-13(2)25-12-20-21-19(25)18-15-11-24(9-8-16(15)23(3)22-18)17(26)10-14-6-4-5-7-14/h12-14H,4-11H2,1-3H3. The lowest BCUT2D eigenvalue weighted by Crippen LogP contribution is -2.37. The summed E-state index contributed by atoms with van der Waals surface area (Å²) in [7, 11) is 1.98. The maximum Gasteiger partial charge on any atom is 0.223 e. The maximum atomic E-state index is 12.8. The average molecular weight is 356 g/mol. The van der Waals surface area contributed by atoms with Crippen molar-refractivity contribution in [1.29, 1.82) is 0 Å². The Kier molecular flexibility index (Phi) is 4.54. The molecule has 0 spiro atoms. The van der Waals surface area contributed by atoms with E-state index in [9.17, 15) is 4.79 Å². The lowest BCUT2D eigenvalue weighted by atomic mass is 10.0. The first-order valence-electron chi connectivity index (χ1n) is 9.77. The number of carbonyl (C=O) groups is 1. The van der Waals surface area contributed by atoms with Gasteiger partial charge in [-0.05, 0) is 32.6 Å². The van der Waals surface area contributed by atoms with E-state index in [1.807, 2.05) is 21.2 Å². The van der Waals surface area contributed by atoms with Crippen LogP contribution >= 0.6 is 0 Å². The van der Waals surface area contributed by atoms with Crippen molar-refractivity contribution in [2.75, 3.05) is 6.54 Å². The summed E-state index contributed by atoms with van der Waals surface area (Å²) in [5.41, 5.74) is 3.21. The maximum absolute atomic E-state index is 12.8. The Bertz CT molecular complexity index is 799. The normalized spacial score (nSPS) is 17.9. The molecule has 7 heteroatoms. The van der Waals surface area contributed by atoms with Gasteiger partial charge in [0.1, 0.15) is 12.0 Å². The summed E-state index contributed by atoms with van der Waals surface area (Å²) in [6, 6.07) is 0.265. The molecule has 1 aliphatic carbocycles. The molecule has 4 rings (SSSR count). The number of hydrogen-bond acceptors (Lipinski definition) is 4. The van der Waals surface area contributed by atoms with E-state index in [0.717, 1.165) is 30.0 Å². The Morgan fingerprint density at radius 2 is 2.08 bits per heavy atom. The number of hydrogen-bond donors (Lipinski definition) is 0. The number of fused-ring (bicyclic) bond motifs is 1. The van der Waals surface area contributed by atoms with Gasteiger partial charge in [-0.25, -0.2) is 0 Å². The number of aryl methyl sites for hydroxylation is 1. The van der Waals surface area contributed by atoms with Gasteiger partial charge < -0.3 is 9.47 Å². The second-order valence-corrected chi connectivity index (χ2v) is 7.97. The van der Waals surface area contributed by atoms with Crippen LogP contribution in [0.15, 0.2) is 6.33 Å². The summed E-state index contributed by atoms with van der Waals surface area (Å²) in [5.74, 6) is 1.67. The Labute approximate surface area is 154 Å². The molecule has 2 aromatic rings. The molecule has 0 bridgehead atoms. The fraction of sp³-hybridized carbons (Fsp3) is 0.684. The Morgan fingerprint density at radius 1 is 1.31 bits per heavy atom. The number of rotatable bonds is 4. The molecule has 3 heterocycles. The Morgan fingerprint density at radius 3 is 2.81 bits per heavy atom. The van der Waals surface area contributed by atoms with Gasteiger partial charge in [0, 0.05) is 50.3 Å². The third-order valence-corrected chi connectivity index (χ3v) is 5.87. The van der Waals surface area contributed by atoms with Crippen molar-refractivity contribution >= 4 is 5.91 Å². The summed E-state index contributed by atoms with van der Waals surface area (Å²) in [6.45, 7) is 5.64. The van der Waals surface area contributed by atoms with Gasteiger partial charge >= 0.3 is 0 Å². The van der Waals surface area contributed by atoms with Crippen molar-refractivity contribution in [3.05, 3.63) is 17.6 Å². The molecule has 0 N–H and O–H groups in total. The Hall–Kier alpha value is -2.18. The van der Waals surface area contributed by atoms with Crippen LogP contribution in [0, 0.1) is 5.92 Å². The minimum atomic E-state index is 0.265. The van der Waals surface area contributed by atoms with E-state index in [-0.39, 0.29) is 6.04 Å². The second kappa shape index (κ2) is 6.85. The highest BCUT2D eigenvalue weighted by Crippen LogP contribution is 2.32. The van der Waals surface area contributed by atoms with Gasteiger partial charge in [0.2, 0.25) is 5.91 Å². The van der Waals surface area contributed by atoms with E-state index < -0.39 is 0 Å². The molecule has 26 heavy (non-hydrogen) atoms. The van der Waals surface area contributed by atoms with Crippen molar-refractivity contribution < 1.29 is 4.79 Å². The van der Waals surface area contributed by atoms with Crippen LogP contribution in [0.1, 0.15) is 63.3 Å². The van der Waals surface area contributed by atoms with Crippen molar-refractivity contribution in [1.82, 2.24) is 29.4 Å². The van der Waals surface area contributed by atoms with Crippen LogP contribution in [-0.2, 0) is 24.8 Å². The molecule has 1 aliphatic heterocycles. The van der Waals surface area contributed by atoms with E-state index in [4.69, 9.17) is 5.10 Å². The van der Waals surface area contributed by atoms with Crippen molar-refractivity contribution in [3.63, 3.8) is 0 Å². The average Bonchev–Trinajstić information content (AvgIpc) is 3.34. The first-order chi connectivity index (χ1) is 12.5. The number of nitrogens with zero attached hydrogens (tertiary/aromatic N) is 6. The van der Waals surface area contributed by atoms with Crippen LogP contribution in [-0.4, -0.2) is 41.9 Å². The van der Waals surface area contributed by atoms with E-state index in [1.54, 1.807) is 6.33 Å². The predicted octanol–water partition coefficient (Wildman–Crippen LogP) is 2.72. The molecule has 0 aromatic carbocycles. The van der Waals surface area contributed by atoms with Gasteiger partial charge in [-0.15, -0.1) is 10.2 Å². The lowest BCUT2D eigenvalue weighted by Gasteiger charge is -2.28. The van der Waals surface area contributed by atoms with Crippen LogP contribution in [0.25, 0.3) is 11.5 Å². The van der Waals surface area contributed by atoms with Gasteiger partial charge in [0.25, 0.3) is 0 Å². The van der Waals surface area contributed by atoms with Crippen molar-refractivity contribution in [3.8, 4) is 11.5 Å². The molecule has 1 saturated carbocycles. The topological polar surface area (TPSA) is 68.8 Å². The van der Waals surface area contributed by atoms with E-state index >= 15 is 0 Å². The third-order valence-electron chi connectivity index (χ3n) is 5.87. The summed E-state index contributed by atoms with van der Waals surface area (Å²) < 4.78 is 3.99. The zero-order chi connectivity index (χ0) is 18.3. The molecule has 140 valence electrons. The zero-order valence-corrected chi connectivity index (χ0v) is 16.0. The monoisotopic (exact) mass is 356 g/mol. The minimum Gasteiger partial charge on any atom is -0.338 e. The predicted molar refractivity (Wildman–Crippen MR) is 98.3 cm³/mol. The van der Waals surface area contributed by atoms with Crippen LogP contribution in [0.4, 0.5) is 0 Å². The fourth-order valence-electron chi connectivity index (χ4n) is 4.37. The highest BCUT2D eigenvalue weighted by Gasteiger charge is 2.30. The molecule has 1 fully saturated rings. The number of amides is 1. The molecule has 0 saturated heterocycles. The Balaban J connectivity index is 1.60. The highest BCUT2D eigenvalue weighted by atomic mass is 16.2. The highest BCUT2D eigenvalue weighted by molar-refractivity contribution is 5.77. The second-order valence-electron chi connectivity index (χ2n) is 7.97. The lowest BCUT2D eigenvalue weighted by molar-refractivity contribution is -0.133. The minimum absolute atomic E-state index is 0.265. The largest absolute Gasteiger partial charge is 0.338 e. The summed E-state index contributed by atoms with van der Waals surface area (Å²) in [6.07, 6.45) is 8.28. The summed E-state index contributed by atoms with van der Waals surface area (Å²) >= 11 is 0. The number of aromatic nitrogens is 5. The van der Waals surface area contributed by atoms with Crippen molar-refractivity contribution in [2.24, 2.45) is 13.0 Å². The van der Waals surface area contributed by atoms with E-state index in [0.29, 0.717) is 24.8 Å². The molecule has 0 radical (unpaired) electrons. The molecule has 2 aliphatic rings. The van der Waals surface area contributed by atoms with Crippen LogP contribution in [0.5, 0.6) is 0 Å². The van der Waals surface area contributed by atoms with E-state index in [2.05, 4.69) is 24.0 Å². The molecule has 7 nitrogen and oxygen atoms in total. The number of carbonyl (C=O) groups excluding carboxylic acids is 1. The van der Waals surface area contributed by atoms with Gasteiger partial charge in [0.15, 0.2) is 5.82 Å². The van der Waals surface area contributed by atoms with Gasteiger partial charge in [-0.3, -0.25) is 9.48 Å². The first kappa shape index (κ1) is 17.2. The van der Waals surface area contributed by atoms with Crippen LogP contribution in [0.3, 0.4) is 0 Å². The molecule has 0 atom stereocenters. The zero-order valence-electron chi connectivity index (χ0n) is 16.0. The summed E-state index contributed by atoms with van der Waals surface area (Å²) in [5, 5.41) is 13.1. The molecule has 1 amide bonds. The SMILES string of the molecule is CC(C)n1cnnc1-c1nn(C)c2c1CN(C(=O)CC1CCCC1)CC2.